The third-order valence-corrected chi connectivity index (χ3v) is 4.06. The zero-order valence-corrected chi connectivity index (χ0v) is 13.7. The molecule has 1 aromatic carbocycles. The summed E-state index contributed by atoms with van der Waals surface area (Å²) in [4.78, 5) is 20.3. The molecule has 24 heavy (non-hydrogen) atoms. The molecule has 1 aromatic heterocycles. The molecule has 2 heterocycles. The molecular formula is C18H21N3O3. The first kappa shape index (κ1) is 16.1. The van der Waals surface area contributed by atoms with Gasteiger partial charge in [0.25, 0.3) is 0 Å². The second-order valence-corrected chi connectivity index (χ2v) is 5.56. The first-order valence-corrected chi connectivity index (χ1v) is 7.96. The molecule has 0 unspecified atom stereocenters. The Labute approximate surface area is 141 Å². The zero-order chi connectivity index (χ0) is 16.8. The fourth-order valence-electron chi connectivity index (χ4n) is 2.72. The highest BCUT2D eigenvalue weighted by atomic mass is 16.6. The van der Waals surface area contributed by atoms with Gasteiger partial charge < -0.3 is 19.3 Å². The van der Waals surface area contributed by atoms with Gasteiger partial charge in [-0.3, -0.25) is 4.98 Å². The summed E-state index contributed by atoms with van der Waals surface area (Å²) < 4.78 is 10.8. The van der Waals surface area contributed by atoms with Crippen LogP contribution in [0.5, 0.6) is 5.75 Å². The molecule has 1 aliphatic rings. The van der Waals surface area contributed by atoms with E-state index in [-0.39, 0.29) is 6.09 Å². The van der Waals surface area contributed by atoms with Gasteiger partial charge in [0, 0.05) is 38.4 Å². The summed E-state index contributed by atoms with van der Waals surface area (Å²) in [6, 6.07) is 11.5. The number of piperazine rings is 1. The lowest BCUT2D eigenvalue weighted by Gasteiger charge is -2.35. The minimum Gasteiger partial charge on any atom is -0.494 e. The van der Waals surface area contributed by atoms with E-state index in [1.165, 1.54) is 0 Å². The number of amides is 1. The molecule has 1 saturated heterocycles. The van der Waals surface area contributed by atoms with E-state index in [4.69, 9.17) is 9.47 Å². The van der Waals surface area contributed by atoms with Crippen LogP contribution >= 0.6 is 0 Å². The lowest BCUT2D eigenvalue weighted by atomic mass is 10.2. The number of aromatic nitrogens is 1. The third kappa shape index (κ3) is 3.76. The van der Waals surface area contributed by atoms with Crippen LogP contribution in [0.15, 0.2) is 48.8 Å². The number of carbonyl (C=O) groups excluding carboxylic acids is 1. The number of ether oxygens (including phenoxy) is 2. The minimum absolute atomic E-state index is 0.267. The van der Waals surface area contributed by atoms with Gasteiger partial charge in [-0.05, 0) is 5.56 Å². The number of hydrogen-bond donors (Lipinski definition) is 0. The van der Waals surface area contributed by atoms with Gasteiger partial charge in [0.1, 0.15) is 12.4 Å². The van der Waals surface area contributed by atoms with Crippen LogP contribution in [0.2, 0.25) is 0 Å². The van der Waals surface area contributed by atoms with Crippen LogP contribution in [0.4, 0.5) is 10.5 Å². The first-order chi connectivity index (χ1) is 11.8. The third-order valence-electron chi connectivity index (χ3n) is 4.06. The maximum absolute atomic E-state index is 12.2. The minimum atomic E-state index is -0.267. The highest BCUT2D eigenvalue weighted by Crippen LogP contribution is 2.27. The molecule has 0 aliphatic carbocycles. The Balaban J connectivity index is 1.52. The molecule has 2 aromatic rings. The van der Waals surface area contributed by atoms with Gasteiger partial charge in [-0.2, -0.15) is 0 Å². The van der Waals surface area contributed by atoms with Crippen LogP contribution < -0.4 is 9.64 Å². The van der Waals surface area contributed by atoms with Crippen LogP contribution in [-0.2, 0) is 11.3 Å². The van der Waals surface area contributed by atoms with Gasteiger partial charge in [0.2, 0.25) is 0 Å². The van der Waals surface area contributed by atoms with Crippen molar-refractivity contribution in [3.8, 4) is 5.75 Å². The summed E-state index contributed by atoms with van der Waals surface area (Å²) in [5.74, 6) is 0.796. The van der Waals surface area contributed by atoms with Crippen molar-refractivity contribution in [2.24, 2.45) is 0 Å². The quantitative estimate of drug-likeness (QED) is 0.864. The Morgan fingerprint density at radius 1 is 1.12 bits per heavy atom. The smallest absolute Gasteiger partial charge is 0.410 e. The van der Waals surface area contributed by atoms with E-state index >= 15 is 0 Å². The fourth-order valence-corrected chi connectivity index (χ4v) is 2.72. The summed E-state index contributed by atoms with van der Waals surface area (Å²) in [6.45, 7) is 2.98. The van der Waals surface area contributed by atoms with Gasteiger partial charge in [-0.25, -0.2) is 4.79 Å². The standard InChI is InChI=1S/C18H21N3O3/c1-23-17-7-8-19-13-16(17)20-9-11-21(12-10-20)18(22)24-14-15-5-3-2-4-6-15/h2-8,13H,9-12,14H2,1H3. The Hall–Kier alpha value is -2.76. The number of pyridine rings is 1. The van der Waals surface area contributed by atoms with Gasteiger partial charge >= 0.3 is 6.09 Å². The number of anilines is 1. The van der Waals surface area contributed by atoms with Gasteiger partial charge in [0.15, 0.2) is 0 Å². The van der Waals surface area contributed by atoms with Crippen molar-refractivity contribution >= 4 is 11.8 Å². The first-order valence-electron chi connectivity index (χ1n) is 7.96. The Bertz CT molecular complexity index is 670. The molecule has 0 spiro atoms. The molecular weight excluding hydrogens is 306 g/mol. The molecule has 0 N–H and O–H groups in total. The number of hydrogen-bond acceptors (Lipinski definition) is 5. The van der Waals surface area contributed by atoms with Crippen molar-refractivity contribution in [1.82, 2.24) is 9.88 Å². The van der Waals surface area contributed by atoms with Gasteiger partial charge in [-0.15, -0.1) is 0 Å². The van der Waals surface area contributed by atoms with E-state index in [0.29, 0.717) is 19.7 Å². The summed E-state index contributed by atoms with van der Waals surface area (Å²) in [6.07, 6.45) is 3.23. The average molecular weight is 327 g/mol. The summed E-state index contributed by atoms with van der Waals surface area (Å²) in [5.41, 5.74) is 1.95. The number of carbonyl (C=O) groups is 1. The largest absolute Gasteiger partial charge is 0.494 e. The van der Waals surface area contributed by atoms with Crippen LogP contribution in [0, 0.1) is 0 Å². The van der Waals surface area contributed by atoms with Crippen molar-refractivity contribution in [3.63, 3.8) is 0 Å². The van der Waals surface area contributed by atoms with Crippen LogP contribution in [0.25, 0.3) is 0 Å². The number of nitrogens with zero attached hydrogens (tertiary/aromatic N) is 3. The van der Waals surface area contributed by atoms with E-state index in [2.05, 4.69) is 9.88 Å². The van der Waals surface area contributed by atoms with Crippen molar-refractivity contribution in [1.29, 1.82) is 0 Å². The molecule has 1 fully saturated rings. The molecule has 0 atom stereocenters. The monoisotopic (exact) mass is 327 g/mol. The lowest BCUT2D eigenvalue weighted by Crippen LogP contribution is -2.49. The summed E-state index contributed by atoms with van der Waals surface area (Å²) in [7, 11) is 1.65. The summed E-state index contributed by atoms with van der Waals surface area (Å²) in [5, 5.41) is 0. The van der Waals surface area contributed by atoms with Crippen LogP contribution in [-0.4, -0.2) is 49.3 Å². The van der Waals surface area contributed by atoms with E-state index in [0.717, 1.165) is 30.1 Å². The molecule has 1 aliphatic heterocycles. The van der Waals surface area contributed by atoms with E-state index in [9.17, 15) is 4.79 Å². The average Bonchev–Trinajstić information content (AvgIpc) is 2.67. The molecule has 6 nitrogen and oxygen atoms in total. The number of methoxy groups -OCH3 is 1. The fraction of sp³-hybridized carbons (Fsp3) is 0.333. The number of rotatable bonds is 4. The van der Waals surface area contributed by atoms with E-state index in [1.807, 2.05) is 36.4 Å². The highest BCUT2D eigenvalue weighted by Gasteiger charge is 2.23. The van der Waals surface area contributed by atoms with Crippen molar-refractivity contribution in [3.05, 3.63) is 54.4 Å². The number of benzene rings is 1. The van der Waals surface area contributed by atoms with Gasteiger partial charge in [-0.1, -0.05) is 30.3 Å². The van der Waals surface area contributed by atoms with E-state index < -0.39 is 0 Å². The summed E-state index contributed by atoms with van der Waals surface area (Å²) >= 11 is 0. The van der Waals surface area contributed by atoms with Crippen LogP contribution in [0.1, 0.15) is 5.56 Å². The molecule has 0 saturated carbocycles. The molecule has 126 valence electrons. The topological polar surface area (TPSA) is 54.9 Å². The normalized spacial score (nSPS) is 14.4. The second kappa shape index (κ2) is 7.68. The predicted octanol–water partition coefficient (Wildman–Crippen LogP) is 2.55. The molecule has 0 radical (unpaired) electrons. The molecule has 3 rings (SSSR count). The van der Waals surface area contributed by atoms with Crippen molar-refractivity contribution in [2.75, 3.05) is 38.2 Å². The zero-order valence-electron chi connectivity index (χ0n) is 13.7. The second-order valence-electron chi connectivity index (χ2n) is 5.56. The maximum Gasteiger partial charge on any atom is 0.410 e. The Morgan fingerprint density at radius 3 is 2.58 bits per heavy atom. The van der Waals surface area contributed by atoms with Crippen LogP contribution in [0.3, 0.4) is 0 Å². The predicted molar refractivity (Wildman–Crippen MR) is 91.2 cm³/mol. The molecule has 0 bridgehead atoms. The maximum atomic E-state index is 12.2. The van der Waals surface area contributed by atoms with E-state index in [1.54, 1.807) is 24.4 Å². The Kier molecular flexibility index (Phi) is 5.15. The SMILES string of the molecule is COc1ccncc1N1CCN(C(=O)OCc2ccccc2)CC1. The highest BCUT2D eigenvalue weighted by molar-refractivity contribution is 5.68. The van der Waals surface area contributed by atoms with Crippen molar-refractivity contribution < 1.29 is 14.3 Å². The van der Waals surface area contributed by atoms with Gasteiger partial charge in [0.05, 0.1) is 19.0 Å². The molecule has 1 amide bonds. The Morgan fingerprint density at radius 2 is 1.88 bits per heavy atom. The lowest BCUT2D eigenvalue weighted by molar-refractivity contribution is 0.0941. The van der Waals surface area contributed by atoms with Crippen molar-refractivity contribution in [2.45, 2.75) is 6.61 Å². The molecule has 6 heteroatoms.